The standard InChI is InChI=1S/C25H33N5O3/c1-7-33-25(32)23-17(5)26-20-10-8-9-11-21(20)27-24(23)28-22(31)13-12-19-16(4)29-30(18(19)6)14-15(2)3/h8-11,15,26H,7,12-14H2,1-6H3,(H,27,28,31). The third-order valence-electron chi connectivity index (χ3n) is 5.48. The van der Waals surface area contributed by atoms with E-state index in [0.717, 1.165) is 29.2 Å². The Bertz CT molecular complexity index is 1110. The van der Waals surface area contributed by atoms with Crippen LogP contribution in [0.15, 0.2) is 40.5 Å². The average molecular weight is 452 g/mol. The number of amides is 1. The van der Waals surface area contributed by atoms with E-state index in [9.17, 15) is 9.59 Å². The highest BCUT2D eigenvalue weighted by Crippen LogP contribution is 2.30. The van der Waals surface area contributed by atoms with Gasteiger partial charge < -0.3 is 15.4 Å². The van der Waals surface area contributed by atoms with Gasteiger partial charge in [-0.05, 0) is 57.7 Å². The maximum absolute atomic E-state index is 12.9. The molecule has 1 aliphatic rings. The summed E-state index contributed by atoms with van der Waals surface area (Å²) in [6.45, 7) is 12.9. The Balaban J connectivity index is 1.82. The number of hydrogen-bond acceptors (Lipinski definition) is 6. The van der Waals surface area contributed by atoms with E-state index < -0.39 is 5.97 Å². The molecule has 8 heteroatoms. The SMILES string of the molecule is CCOC(=O)C1=C(C)Nc2ccccc2N=C1NC(=O)CCc1c(C)nn(CC(C)C)c1C. The normalized spacial score (nSPS) is 13.2. The molecule has 0 aliphatic carbocycles. The molecule has 2 aromatic rings. The predicted octanol–water partition coefficient (Wildman–Crippen LogP) is 4.20. The van der Waals surface area contributed by atoms with E-state index in [-0.39, 0.29) is 30.3 Å². The summed E-state index contributed by atoms with van der Waals surface area (Å²) in [5.41, 5.74) is 5.28. The molecule has 1 amide bonds. The van der Waals surface area contributed by atoms with E-state index in [1.807, 2.05) is 42.8 Å². The summed E-state index contributed by atoms with van der Waals surface area (Å²) in [6, 6.07) is 7.43. The Hall–Kier alpha value is -3.42. The van der Waals surface area contributed by atoms with Crippen LogP contribution in [-0.2, 0) is 27.3 Å². The minimum absolute atomic E-state index is 0.192. The third kappa shape index (κ3) is 5.69. The van der Waals surface area contributed by atoms with Crippen molar-refractivity contribution in [3.8, 4) is 0 Å². The molecule has 0 saturated carbocycles. The molecule has 8 nitrogen and oxygen atoms in total. The van der Waals surface area contributed by atoms with Gasteiger partial charge >= 0.3 is 5.97 Å². The monoisotopic (exact) mass is 451 g/mol. The van der Waals surface area contributed by atoms with Crippen molar-refractivity contribution in [3.63, 3.8) is 0 Å². The maximum Gasteiger partial charge on any atom is 0.343 e. The highest BCUT2D eigenvalue weighted by molar-refractivity contribution is 6.24. The number of rotatable bonds is 7. The van der Waals surface area contributed by atoms with Crippen LogP contribution < -0.4 is 10.6 Å². The molecule has 1 aromatic heterocycles. The molecular weight excluding hydrogens is 418 g/mol. The third-order valence-corrected chi connectivity index (χ3v) is 5.48. The Morgan fingerprint density at radius 1 is 1.18 bits per heavy atom. The zero-order chi connectivity index (χ0) is 24.1. The summed E-state index contributed by atoms with van der Waals surface area (Å²) in [7, 11) is 0. The summed E-state index contributed by atoms with van der Waals surface area (Å²) in [5, 5.41) is 10.7. The number of nitrogens with one attached hydrogen (secondary N) is 2. The predicted molar refractivity (Wildman–Crippen MR) is 129 cm³/mol. The molecule has 0 unspecified atom stereocenters. The molecule has 33 heavy (non-hydrogen) atoms. The Morgan fingerprint density at radius 2 is 1.91 bits per heavy atom. The van der Waals surface area contributed by atoms with Gasteiger partial charge in [0.1, 0.15) is 11.4 Å². The second-order valence-electron chi connectivity index (χ2n) is 8.60. The number of amidine groups is 1. The molecule has 0 atom stereocenters. The van der Waals surface area contributed by atoms with Crippen molar-refractivity contribution < 1.29 is 14.3 Å². The van der Waals surface area contributed by atoms with E-state index in [2.05, 4.69) is 34.6 Å². The molecule has 2 N–H and O–H groups in total. The number of allylic oxidation sites excluding steroid dienone is 1. The average Bonchev–Trinajstić information content (AvgIpc) is 2.91. The number of carbonyl (C=O) groups is 2. The molecule has 0 bridgehead atoms. The van der Waals surface area contributed by atoms with Crippen LogP contribution in [0.4, 0.5) is 11.4 Å². The van der Waals surface area contributed by atoms with E-state index in [0.29, 0.717) is 23.7 Å². The fraction of sp³-hybridized carbons (Fsp3) is 0.440. The summed E-state index contributed by atoms with van der Waals surface area (Å²) in [5.74, 6) is -0.0771. The van der Waals surface area contributed by atoms with Crippen LogP contribution in [0.1, 0.15) is 51.1 Å². The van der Waals surface area contributed by atoms with Crippen LogP contribution in [0.25, 0.3) is 0 Å². The van der Waals surface area contributed by atoms with Gasteiger partial charge in [0.2, 0.25) is 5.91 Å². The number of carbonyl (C=O) groups excluding carboxylic acids is 2. The van der Waals surface area contributed by atoms with Gasteiger partial charge in [0, 0.05) is 24.4 Å². The second-order valence-corrected chi connectivity index (χ2v) is 8.60. The number of hydrogen-bond donors (Lipinski definition) is 2. The lowest BCUT2D eigenvalue weighted by molar-refractivity contribution is -0.137. The van der Waals surface area contributed by atoms with E-state index in [1.54, 1.807) is 13.8 Å². The van der Waals surface area contributed by atoms with Crippen molar-refractivity contribution in [1.82, 2.24) is 15.1 Å². The lowest BCUT2D eigenvalue weighted by atomic mass is 10.1. The lowest BCUT2D eigenvalue weighted by Gasteiger charge is -2.13. The van der Waals surface area contributed by atoms with Crippen LogP contribution in [0.5, 0.6) is 0 Å². The highest BCUT2D eigenvalue weighted by Gasteiger charge is 2.26. The number of esters is 1. The lowest BCUT2D eigenvalue weighted by Crippen LogP contribution is -2.35. The van der Waals surface area contributed by atoms with Gasteiger partial charge in [-0.3, -0.25) is 9.48 Å². The summed E-state index contributed by atoms with van der Waals surface area (Å²) >= 11 is 0. The first-order chi connectivity index (χ1) is 15.7. The molecule has 1 aliphatic heterocycles. The van der Waals surface area contributed by atoms with E-state index in [1.165, 1.54) is 0 Å². The molecule has 176 valence electrons. The number of aromatic nitrogens is 2. The molecule has 1 aromatic carbocycles. The molecule has 0 saturated heterocycles. The first-order valence-electron chi connectivity index (χ1n) is 11.4. The van der Waals surface area contributed by atoms with Crippen LogP contribution in [-0.4, -0.2) is 34.1 Å². The maximum atomic E-state index is 12.9. The second kappa shape index (κ2) is 10.5. The number of aliphatic imine (C=N–C) groups is 1. The van der Waals surface area contributed by atoms with Gasteiger partial charge in [-0.25, -0.2) is 9.79 Å². The minimum Gasteiger partial charge on any atom is -0.462 e. The zero-order valence-electron chi connectivity index (χ0n) is 20.3. The largest absolute Gasteiger partial charge is 0.462 e. The van der Waals surface area contributed by atoms with Crippen molar-refractivity contribution in [2.24, 2.45) is 10.9 Å². The van der Waals surface area contributed by atoms with Crippen LogP contribution in [0.3, 0.4) is 0 Å². The number of ether oxygens (including phenoxy) is 1. The number of aryl methyl sites for hydroxylation is 1. The van der Waals surface area contributed by atoms with Gasteiger partial charge in [-0.15, -0.1) is 0 Å². The molecule has 0 fully saturated rings. The molecule has 2 heterocycles. The number of anilines is 1. The first kappa shape index (κ1) is 24.2. The van der Waals surface area contributed by atoms with Gasteiger partial charge in [0.25, 0.3) is 0 Å². The molecule has 3 rings (SSSR count). The molecular formula is C25H33N5O3. The molecule has 0 spiro atoms. The minimum atomic E-state index is -0.531. The smallest absolute Gasteiger partial charge is 0.343 e. The number of nitrogens with zero attached hydrogens (tertiary/aromatic N) is 3. The van der Waals surface area contributed by atoms with Crippen molar-refractivity contribution in [3.05, 3.63) is 52.5 Å². The quantitative estimate of drug-likeness (QED) is 0.615. The fourth-order valence-corrected chi connectivity index (χ4v) is 3.89. The van der Waals surface area contributed by atoms with E-state index in [4.69, 9.17) is 4.74 Å². The van der Waals surface area contributed by atoms with Crippen LogP contribution >= 0.6 is 0 Å². The van der Waals surface area contributed by atoms with Crippen molar-refractivity contribution in [2.45, 2.75) is 60.9 Å². The Kier molecular flexibility index (Phi) is 7.68. The van der Waals surface area contributed by atoms with Gasteiger partial charge in [-0.2, -0.15) is 5.10 Å². The van der Waals surface area contributed by atoms with Crippen molar-refractivity contribution in [1.29, 1.82) is 0 Å². The van der Waals surface area contributed by atoms with Gasteiger partial charge in [0.05, 0.1) is 23.7 Å². The van der Waals surface area contributed by atoms with Gasteiger partial charge in [-0.1, -0.05) is 26.0 Å². The van der Waals surface area contributed by atoms with Crippen molar-refractivity contribution in [2.75, 3.05) is 11.9 Å². The summed E-state index contributed by atoms with van der Waals surface area (Å²) in [4.78, 5) is 30.2. The zero-order valence-corrected chi connectivity index (χ0v) is 20.3. The Morgan fingerprint density at radius 3 is 2.61 bits per heavy atom. The van der Waals surface area contributed by atoms with Crippen LogP contribution in [0, 0.1) is 19.8 Å². The number of benzene rings is 1. The first-order valence-corrected chi connectivity index (χ1v) is 11.4. The van der Waals surface area contributed by atoms with Crippen molar-refractivity contribution >= 4 is 29.1 Å². The molecule has 0 radical (unpaired) electrons. The number of para-hydroxylation sites is 2. The van der Waals surface area contributed by atoms with Crippen LogP contribution in [0.2, 0.25) is 0 Å². The summed E-state index contributed by atoms with van der Waals surface area (Å²) < 4.78 is 7.24. The summed E-state index contributed by atoms with van der Waals surface area (Å²) in [6.07, 6.45) is 0.805. The highest BCUT2D eigenvalue weighted by atomic mass is 16.5. The topological polar surface area (TPSA) is 97.6 Å². The fourth-order valence-electron chi connectivity index (χ4n) is 3.89. The Labute approximate surface area is 195 Å². The number of fused-ring (bicyclic) bond motifs is 1. The van der Waals surface area contributed by atoms with E-state index >= 15 is 0 Å². The van der Waals surface area contributed by atoms with Gasteiger partial charge in [0.15, 0.2) is 0 Å².